The third-order valence-corrected chi connectivity index (χ3v) is 3.96. The molecule has 0 aromatic heterocycles. The summed E-state index contributed by atoms with van der Waals surface area (Å²) in [5.74, 6) is 0.349. The fraction of sp³-hybridized carbons (Fsp3) is 0.364. The normalized spacial score (nSPS) is 10.9. The van der Waals surface area contributed by atoms with Gasteiger partial charge in [0.2, 0.25) is 0 Å². The van der Waals surface area contributed by atoms with Crippen LogP contribution in [0.25, 0.3) is 0 Å². The molecule has 0 bridgehead atoms. The van der Waals surface area contributed by atoms with E-state index in [9.17, 15) is 9.59 Å². The summed E-state index contributed by atoms with van der Waals surface area (Å²) >= 11 is 0. The van der Waals surface area contributed by atoms with Gasteiger partial charge in [0.15, 0.2) is 13.2 Å². The van der Waals surface area contributed by atoms with Crippen LogP contribution in [-0.2, 0) is 15.0 Å². The maximum absolute atomic E-state index is 12.0. The van der Waals surface area contributed by atoms with Crippen molar-refractivity contribution in [3.63, 3.8) is 0 Å². The van der Waals surface area contributed by atoms with Crippen molar-refractivity contribution in [3.05, 3.63) is 59.2 Å². The Labute approximate surface area is 166 Å². The molecule has 0 radical (unpaired) electrons. The molecular weight excluding hydrogens is 356 g/mol. The first-order chi connectivity index (χ1) is 13.1. The number of hydrogen-bond donors (Lipinski definition) is 2. The van der Waals surface area contributed by atoms with Gasteiger partial charge in [-0.1, -0.05) is 45.0 Å². The molecule has 2 N–H and O–H groups in total. The Hall–Kier alpha value is -3.02. The number of aryl methyl sites for hydroxylation is 2. The molecule has 0 saturated carbocycles. The first-order valence-electron chi connectivity index (χ1n) is 9.16. The van der Waals surface area contributed by atoms with Gasteiger partial charge in [-0.05, 0) is 54.2 Å². The van der Waals surface area contributed by atoms with Crippen LogP contribution in [0.3, 0.4) is 0 Å². The molecule has 0 aliphatic carbocycles. The maximum Gasteiger partial charge on any atom is 0.276 e. The number of amides is 2. The van der Waals surface area contributed by atoms with E-state index in [0.29, 0.717) is 11.5 Å². The molecule has 0 saturated heterocycles. The fourth-order valence-electron chi connectivity index (χ4n) is 2.73. The number of rotatable bonds is 6. The van der Waals surface area contributed by atoms with Crippen LogP contribution in [0.2, 0.25) is 0 Å². The second kappa shape index (κ2) is 9.26. The van der Waals surface area contributed by atoms with Crippen molar-refractivity contribution in [2.24, 2.45) is 0 Å². The lowest BCUT2D eigenvalue weighted by Gasteiger charge is -2.22. The van der Waals surface area contributed by atoms with E-state index >= 15 is 0 Å². The summed E-state index contributed by atoms with van der Waals surface area (Å²) in [6, 6.07) is 13.3. The Morgan fingerprint density at radius 2 is 1.39 bits per heavy atom. The van der Waals surface area contributed by atoms with Gasteiger partial charge in [0.1, 0.15) is 11.5 Å². The van der Waals surface area contributed by atoms with Crippen molar-refractivity contribution in [3.8, 4) is 11.5 Å². The van der Waals surface area contributed by atoms with Crippen LogP contribution in [0.4, 0.5) is 0 Å². The van der Waals surface area contributed by atoms with Crippen LogP contribution < -0.4 is 20.3 Å². The van der Waals surface area contributed by atoms with Gasteiger partial charge in [0, 0.05) is 0 Å². The number of ether oxygens (including phenoxy) is 2. The van der Waals surface area contributed by atoms with Gasteiger partial charge in [-0.2, -0.15) is 0 Å². The lowest BCUT2D eigenvalue weighted by atomic mass is 9.86. The van der Waals surface area contributed by atoms with E-state index in [2.05, 4.69) is 31.6 Å². The topological polar surface area (TPSA) is 76.7 Å². The van der Waals surface area contributed by atoms with E-state index in [0.717, 1.165) is 16.7 Å². The molecule has 0 fully saturated rings. The Morgan fingerprint density at radius 1 is 0.857 bits per heavy atom. The zero-order valence-corrected chi connectivity index (χ0v) is 17.1. The number of para-hydroxylation sites is 1. The number of nitrogens with one attached hydrogen (secondary N) is 2. The van der Waals surface area contributed by atoms with Crippen molar-refractivity contribution in [2.75, 3.05) is 13.2 Å². The summed E-state index contributed by atoms with van der Waals surface area (Å²) in [5, 5.41) is 0. The molecule has 0 spiro atoms. The fourth-order valence-corrected chi connectivity index (χ4v) is 2.73. The van der Waals surface area contributed by atoms with Crippen LogP contribution in [-0.4, -0.2) is 25.0 Å². The molecule has 0 aliphatic rings. The molecule has 0 unspecified atom stereocenters. The van der Waals surface area contributed by atoms with E-state index in [4.69, 9.17) is 9.47 Å². The Balaban J connectivity index is 1.77. The minimum Gasteiger partial charge on any atom is -0.484 e. The highest BCUT2D eigenvalue weighted by Crippen LogP contribution is 2.30. The van der Waals surface area contributed by atoms with Gasteiger partial charge in [-0.25, -0.2) is 0 Å². The van der Waals surface area contributed by atoms with Gasteiger partial charge in [0.05, 0.1) is 0 Å². The molecule has 28 heavy (non-hydrogen) atoms. The molecule has 6 nitrogen and oxygen atoms in total. The van der Waals surface area contributed by atoms with Gasteiger partial charge in [-0.3, -0.25) is 20.4 Å². The van der Waals surface area contributed by atoms with E-state index < -0.39 is 11.8 Å². The molecule has 2 amide bonds. The summed E-state index contributed by atoms with van der Waals surface area (Å²) < 4.78 is 11.1. The smallest absolute Gasteiger partial charge is 0.276 e. The van der Waals surface area contributed by atoms with Crippen molar-refractivity contribution >= 4 is 11.8 Å². The summed E-state index contributed by atoms with van der Waals surface area (Å²) in [7, 11) is 0. The van der Waals surface area contributed by atoms with E-state index in [1.165, 1.54) is 0 Å². The lowest BCUT2D eigenvalue weighted by Crippen LogP contribution is -2.45. The third-order valence-electron chi connectivity index (χ3n) is 3.96. The molecule has 6 heteroatoms. The summed E-state index contributed by atoms with van der Waals surface area (Å²) in [4.78, 5) is 23.8. The quantitative estimate of drug-likeness (QED) is 0.750. The summed E-state index contributed by atoms with van der Waals surface area (Å²) in [5.41, 5.74) is 7.65. The number of carbonyl (C=O) groups is 2. The molecule has 2 rings (SSSR count). The van der Waals surface area contributed by atoms with Crippen molar-refractivity contribution in [2.45, 2.75) is 40.0 Å². The van der Waals surface area contributed by atoms with Gasteiger partial charge >= 0.3 is 0 Å². The van der Waals surface area contributed by atoms with Gasteiger partial charge in [-0.15, -0.1) is 0 Å². The first-order valence-corrected chi connectivity index (χ1v) is 9.16. The average molecular weight is 384 g/mol. The SMILES string of the molecule is Cc1cc(C)cc(OCC(=O)NNC(=O)COc2ccccc2C(C)(C)C)c1. The second-order valence-corrected chi connectivity index (χ2v) is 7.74. The number of benzene rings is 2. The highest BCUT2D eigenvalue weighted by molar-refractivity contribution is 5.83. The van der Waals surface area contributed by atoms with Gasteiger partial charge < -0.3 is 9.47 Å². The predicted octanol–water partition coefficient (Wildman–Crippen LogP) is 3.21. The number of hydrazine groups is 1. The summed E-state index contributed by atoms with van der Waals surface area (Å²) in [6.45, 7) is 9.74. The highest BCUT2D eigenvalue weighted by atomic mass is 16.5. The zero-order chi connectivity index (χ0) is 20.7. The largest absolute Gasteiger partial charge is 0.484 e. The Bertz CT molecular complexity index is 820. The van der Waals surface area contributed by atoms with Crippen molar-refractivity contribution < 1.29 is 19.1 Å². The molecule has 2 aromatic carbocycles. The van der Waals surface area contributed by atoms with Crippen LogP contribution in [0.15, 0.2) is 42.5 Å². The van der Waals surface area contributed by atoms with E-state index in [-0.39, 0.29) is 18.6 Å². The van der Waals surface area contributed by atoms with Gasteiger partial charge in [0.25, 0.3) is 11.8 Å². The lowest BCUT2D eigenvalue weighted by molar-refractivity contribution is -0.131. The van der Waals surface area contributed by atoms with E-state index in [1.807, 2.05) is 56.3 Å². The monoisotopic (exact) mass is 384 g/mol. The average Bonchev–Trinajstić information content (AvgIpc) is 2.61. The van der Waals surface area contributed by atoms with Crippen LogP contribution in [0, 0.1) is 13.8 Å². The number of hydrogen-bond acceptors (Lipinski definition) is 4. The van der Waals surface area contributed by atoms with Crippen LogP contribution in [0.5, 0.6) is 11.5 Å². The Kier molecular flexibility index (Phi) is 7.04. The summed E-state index contributed by atoms with van der Waals surface area (Å²) in [6.07, 6.45) is 0. The molecular formula is C22H28N2O4. The van der Waals surface area contributed by atoms with Crippen molar-refractivity contribution in [1.82, 2.24) is 10.9 Å². The Morgan fingerprint density at radius 3 is 1.96 bits per heavy atom. The number of carbonyl (C=O) groups excluding carboxylic acids is 2. The maximum atomic E-state index is 12.0. The highest BCUT2D eigenvalue weighted by Gasteiger charge is 2.19. The standard InChI is InChI=1S/C22H28N2O4/c1-15-10-16(2)12-17(11-15)27-13-20(25)23-24-21(26)14-28-19-9-7-6-8-18(19)22(3,4)5/h6-12H,13-14H2,1-5H3,(H,23,25)(H,24,26). The zero-order valence-electron chi connectivity index (χ0n) is 17.1. The molecule has 0 heterocycles. The minimum absolute atomic E-state index is 0.104. The van der Waals surface area contributed by atoms with Crippen molar-refractivity contribution in [1.29, 1.82) is 0 Å². The minimum atomic E-state index is -0.456. The molecule has 150 valence electrons. The molecule has 0 atom stereocenters. The first kappa shape index (κ1) is 21.3. The second-order valence-electron chi connectivity index (χ2n) is 7.74. The molecule has 0 aliphatic heterocycles. The van der Waals surface area contributed by atoms with Crippen LogP contribution in [0.1, 0.15) is 37.5 Å². The van der Waals surface area contributed by atoms with E-state index in [1.54, 1.807) is 0 Å². The predicted molar refractivity (Wildman–Crippen MR) is 108 cm³/mol. The third kappa shape index (κ3) is 6.61. The van der Waals surface area contributed by atoms with Crippen LogP contribution >= 0.6 is 0 Å². The molecule has 2 aromatic rings.